The number of hydrogen-bond donors (Lipinski definition) is 1. The molecule has 0 aliphatic carbocycles. The van der Waals surface area contributed by atoms with Crippen LogP contribution in [-0.4, -0.2) is 55.6 Å². The Morgan fingerprint density at radius 1 is 1.12 bits per heavy atom. The number of aliphatic imine (C=N–C) groups is 1. The first-order valence-corrected chi connectivity index (χ1v) is 9.00. The van der Waals surface area contributed by atoms with Crippen LogP contribution in [-0.2, 0) is 6.42 Å². The highest BCUT2D eigenvalue weighted by Crippen LogP contribution is 2.15. The van der Waals surface area contributed by atoms with Gasteiger partial charge in [0.25, 0.3) is 0 Å². The first-order valence-electron chi connectivity index (χ1n) is 8.63. The molecule has 1 fully saturated rings. The van der Waals surface area contributed by atoms with E-state index in [4.69, 9.17) is 11.6 Å². The summed E-state index contributed by atoms with van der Waals surface area (Å²) in [5.74, 6) is 2.00. The van der Waals surface area contributed by atoms with Gasteiger partial charge in [-0.15, -0.1) is 0 Å². The lowest BCUT2D eigenvalue weighted by Gasteiger charge is -2.37. The Morgan fingerprint density at radius 3 is 2.56 bits per heavy atom. The molecule has 2 heterocycles. The van der Waals surface area contributed by atoms with Crippen LogP contribution in [0.25, 0.3) is 0 Å². The van der Waals surface area contributed by atoms with E-state index in [2.05, 4.69) is 37.2 Å². The van der Waals surface area contributed by atoms with Crippen molar-refractivity contribution < 1.29 is 0 Å². The number of nitrogens with zero attached hydrogens (tertiary/aromatic N) is 4. The van der Waals surface area contributed by atoms with Crippen molar-refractivity contribution in [2.24, 2.45) is 4.99 Å². The van der Waals surface area contributed by atoms with Crippen LogP contribution in [0.4, 0.5) is 5.82 Å². The number of guanidine groups is 1. The van der Waals surface area contributed by atoms with Gasteiger partial charge in [-0.2, -0.15) is 0 Å². The van der Waals surface area contributed by atoms with Crippen molar-refractivity contribution in [3.63, 3.8) is 0 Å². The van der Waals surface area contributed by atoms with Crippen molar-refractivity contribution in [2.45, 2.75) is 6.42 Å². The van der Waals surface area contributed by atoms with Gasteiger partial charge in [0.2, 0.25) is 0 Å². The number of aromatic nitrogens is 1. The molecule has 132 valence electrons. The van der Waals surface area contributed by atoms with E-state index in [1.54, 1.807) is 0 Å². The van der Waals surface area contributed by atoms with E-state index >= 15 is 0 Å². The maximum Gasteiger partial charge on any atom is 0.193 e. The molecule has 1 saturated heterocycles. The number of piperazine rings is 1. The van der Waals surface area contributed by atoms with Crippen molar-refractivity contribution in [1.29, 1.82) is 0 Å². The van der Waals surface area contributed by atoms with Gasteiger partial charge in [-0.25, -0.2) is 4.98 Å². The van der Waals surface area contributed by atoms with Crippen LogP contribution < -0.4 is 10.2 Å². The summed E-state index contributed by atoms with van der Waals surface area (Å²) in [6.07, 6.45) is 2.73. The van der Waals surface area contributed by atoms with Gasteiger partial charge in [-0.05, 0) is 30.2 Å². The molecule has 3 rings (SSSR count). The molecule has 1 aliphatic rings. The summed E-state index contributed by atoms with van der Waals surface area (Å²) in [5.41, 5.74) is 1.16. The standard InChI is InChI=1S/C19H24ClN5/c1-21-19(23-11-9-16-6-2-3-7-17(16)20)25-14-12-24(13-15-25)18-8-4-5-10-22-18/h2-8,10H,9,11-15H2,1H3,(H,21,23). The fourth-order valence-corrected chi connectivity index (χ4v) is 3.26. The molecule has 1 N–H and O–H groups in total. The number of anilines is 1. The summed E-state index contributed by atoms with van der Waals surface area (Å²) in [6, 6.07) is 14.0. The second kappa shape index (κ2) is 8.72. The van der Waals surface area contributed by atoms with E-state index in [1.807, 2.05) is 43.6 Å². The minimum absolute atomic E-state index is 0.816. The summed E-state index contributed by atoms with van der Waals surface area (Å²) in [6.45, 7) is 4.58. The van der Waals surface area contributed by atoms with Gasteiger partial charge in [-0.3, -0.25) is 4.99 Å². The van der Waals surface area contributed by atoms with Crippen molar-refractivity contribution in [3.05, 3.63) is 59.2 Å². The van der Waals surface area contributed by atoms with E-state index < -0.39 is 0 Å². The SMILES string of the molecule is CN=C(NCCc1ccccc1Cl)N1CCN(c2ccccn2)CC1. The summed E-state index contributed by atoms with van der Waals surface area (Å²) >= 11 is 6.22. The predicted molar refractivity (Wildman–Crippen MR) is 105 cm³/mol. The third-order valence-electron chi connectivity index (χ3n) is 4.40. The lowest BCUT2D eigenvalue weighted by molar-refractivity contribution is 0.372. The molecule has 1 aliphatic heterocycles. The molecule has 0 amide bonds. The van der Waals surface area contributed by atoms with Gasteiger partial charge in [0.15, 0.2) is 5.96 Å². The zero-order valence-corrected chi connectivity index (χ0v) is 15.3. The third kappa shape index (κ3) is 4.63. The third-order valence-corrected chi connectivity index (χ3v) is 4.77. The molecular weight excluding hydrogens is 334 g/mol. The smallest absolute Gasteiger partial charge is 0.193 e. The van der Waals surface area contributed by atoms with Crippen molar-refractivity contribution in [1.82, 2.24) is 15.2 Å². The van der Waals surface area contributed by atoms with Gasteiger partial charge in [0, 0.05) is 51.0 Å². The quantitative estimate of drug-likeness (QED) is 0.675. The van der Waals surface area contributed by atoms with Crippen LogP contribution in [0.3, 0.4) is 0 Å². The largest absolute Gasteiger partial charge is 0.356 e. The zero-order chi connectivity index (χ0) is 17.5. The van der Waals surface area contributed by atoms with Gasteiger partial charge < -0.3 is 15.1 Å². The molecule has 0 saturated carbocycles. The number of hydrogen-bond acceptors (Lipinski definition) is 3. The molecule has 2 aromatic rings. The molecule has 0 atom stereocenters. The predicted octanol–water partition coefficient (Wildman–Crippen LogP) is 2.68. The van der Waals surface area contributed by atoms with Crippen LogP contribution in [0.2, 0.25) is 5.02 Å². The van der Waals surface area contributed by atoms with E-state index in [1.165, 1.54) is 0 Å². The monoisotopic (exact) mass is 357 g/mol. The van der Waals surface area contributed by atoms with Crippen molar-refractivity contribution >= 4 is 23.4 Å². The second-order valence-corrected chi connectivity index (χ2v) is 6.38. The average Bonchev–Trinajstić information content (AvgIpc) is 2.67. The summed E-state index contributed by atoms with van der Waals surface area (Å²) in [5, 5.41) is 4.28. The molecule has 0 bridgehead atoms. The van der Waals surface area contributed by atoms with Crippen LogP contribution in [0.1, 0.15) is 5.56 Å². The van der Waals surface area contributed by atoms with E-state index in [0.717, 1.165) is 61.5 Å². The Morgan fingerprint density at radius 2 is 1.88 bits per heavy atom. The van der Waals surface area contributed by atoms with Crippen LogP contribution in [0.15, 0.2) is 53.7 Å². The topological polar surface area (TPSA) is 43.8 Å². The Bertz CT molecular complexity index is 696. The van der Waals surface area contributed by atoms with Crippen LogP contribution >= 0.6 is 11.6 Å². The van der Waals surface area contributed by atoms with E-state index in [9.17, 15) is 0 Å². The highest BCUT2D eigenvalue weighted by Gasteiger charge is 2.20. The molecule has 0 radical (unpaired) electrons. The fourth-order valence-electron chi connectivity index (χ4n) is 3.03. The Hall–Kier alpha value is -2.27. The Balaban J connectivity index is 1.49. The first-order chi connectivity index (χ1) is 12.3. The lowest BCUT2D eigenvalue weighted by atomic mass is 10.1. The Labute approximate surface area is 154 Å². The number of nitrogens with one attached hydrogen (secondary N) is 1. The van der Waals surface area contributed by atoms with Gasteiger partial charge >= 0.3 is 0 Å². The molecular formula is C19H24ClN5. The second-order valence-electron chi connectivity index (χ2n) is 5.98. The first kappa shape index (κ1) is 17.5. The van der Waals surface area contributed by atoms with Gasteiger partial charge in [-0.1, -0.05) is 35.9 Å². The van der Waals surface area contributed by atoms with Crippen LogP contribution in [0.5, 0.6) is 0 Å². The average molecular weight is 358 g/mol. The maximum atomic E-state index is 6.22. The molecule has 5 nitrogen and oxygen atoms in total. The fraction of sp³-hybridized carbons (Fsp3) is 0.368. The highest BCUT2D eigenvalue weighted by atomic mass is 35.5. The van der Waals surface area contributed by atoms with Crippen LogP contribution in [0, 0.1) is 0 Å². The molecule has 6 heteroatoms. The molecule has 0 unspecified atom stereocenters. The van der Waals surface area contributed by atoms with E-state index in [0.29, 0.717) is 0 Å². The summed E-state index contributed by atoms with van der Waals surface area (Å²) in [4.78, 5) is 13.5. The molecule has 25 heavy (non-hydrogen) atoms. The summed E-state index contributed by atoms with van der Waals surface area (Å²) < 4.78 is 0. The normalized spacial score (nSPS) is 15.4. The summed E-state index contributed by atoms with van der Waals surface area (Å²) in [7, 11) is 1.84. The Kier molecular flexibility index (Phi) is 6.12. The number of rotatable bonds is 4. The highest BCUT2D eigenvalue weighted by molar-refractivity contribution is 6.31. The maximum absolute atomic E-state index is 6.22. The molecule has 1 aromatic heterocycles. The number of benzene rings is 1. The molecule has 0 spiro atoms. The number of pyridine rings is 1. The van der Waals surface area contributed by atoms with Crippen molar-refractivity contribution in [3.8, 4) is 0 Å². The zero-order valence-electron chi connectivity index (χ0n) is 14.5. The lowest BCUT2D eigenvalue weighted by Crippen LogP contribution is -2.53. The van der Waals surface area contributed by atoms with Gasteiger partial charge in [0.1, 0.15) is 5.82 Å². The number of halogens is 1. The minimum atomic E-state index is 0.816. The van der Waals surface area contributed by atoms with Crippen molar-refractivity contribution in [2.75, 3.05) is 44.7 Å². The van der Waals surface area contributed by atoms with E-state index in [-0.39, 0.29) is 0 Å². The molecule has 1 aromatic carbocycles. The van der Waals surface area contributed by atoms with Gasteiger partial charge in [0.05, 0.1) is 0 Å². The minimum Gasteiger partial charge on any atom is -0.356 e.